The Bertz CT molecular complexity index is 551. The summed E-state index contributed by atoms with van der Waals surface area (Å²) in [5, 5.41) is 6.35. The van der Waals surface area contributed by atoms with Crippen LogP contribution in [0, 0.1) is 6.92 Å². The van der Waals surface area contributed by atoms with Gasteiger partial charge in [-0.3, -0.25) is 4.79 Å². The lowest BCUT2D eigenvalue weighted by atomic mass is 10.1. The van der Waals surface area contributed by atoms with Crippen LogP contribution in [-0.4, -0.2) is 31.3 Å². The zero-order valence-electron chi connectivity index (χ0n) is 12.9. The molecule has 1 amide bonds. The molecule has 1 atom stereocenters. The topological polar surface area (TPSA) is 89.3 Å². The molecule has 0 fully saturated rings. The van der Waals surface area contributed by atoms with Gasteiger partial charge in [0.1, 0.15) is 11.5 Å². The number of carbonyl (C=O) groups excluding carboxylic acids is 1. The largest absolute Gasteiger partial charge is 0.360 e. The standard InChI is InChI=1S/C14H24N2O4S/c1-4-5-6-7-11(2)15-14(17)10-21(18,19)9-13-8-12(3)16-20-13/h8,11H,4-7,9-10H2,1-3H3,(H,15,17)/t11-/m1/s1. The van der Waals surface area contributed by atoms with Crippen LogP contribution in [0.3, 0.4) is 0 Å². The van der Waals surface area contributed by atoms with Crippen LogP contribution < -0.4 is 5.32 Å². The van der Waals surface area contributed by atoms with Gasteiger partial charge in [-0.05, 0) is 20.3 Å². The lowest BCUT2D eigenvalue weighted by Crippen LogP contribution is -2.37. The number of hydrogen-bond acceptors (Lipinski definition) is 5. The third-order valence-corrected chi connectivity index (χ3v) is 4.46. The van der Waals surface area contributed by atoms with Crippen LogP contribution in [0.5, 0.6) is 0 Å². The zero-order valence-corrected chi connectivity index (χ0v) is 13.7. The molecule has 0 aliphatic rings. The molecule has 7 heteroatoms. The second-order valence-corrected chi connectivity index (χ2v) is 7.50. The van der Waals surface area contributed by atoms with Crippen molar-refractivity contribution in [2.75, 3.05) is 5.75 Å². The van der Waals surface area contributed by atoms with Gasteiger partial charge in [0.2, 0.25) is 5.91 Å². The van der Waals surface area contributed by atoms with Gasteiger partial charge in [-0.1, -0.05) is 31.3 Å². The van der Waals surface area contributed by atoms with E-state index in [0.29, 0.717) is 5.69 Å². The van der Waals surface area contributed by atoms with Crippen LogP contribution >= 0.6 is 0 Å². The number of aryl methyl sites for hydroxylation is 1. The Morgan fingerprint density at radius 1 is 1.43 bits per heavy atom. The number of carbonyl (C=O) groups is 1. The molecule has 0 aliphatic heterocycles. The number of aromatic nitrogens is 1. The number of hydrogen-bond donors (Lipinski definition) is 1. The summed E-state index contributed by atoms with van der Waals surface area (Å²) in [6.07, 6.45) is 4.12. The maximum absolute atomic E-state index is 11.9. The number of nitrogens with one attached hydrogen (secondary N) is 1. The summed E-state index contributed by atoms with van der Waals surface area (Å²) in [5.41, 5.74) is 0.620. The monoisotopic (exact) mass is 316 g/mol. The Hall–Kier alpha value is -1.37. The minimum Gasteiger partial charge on any atom is -0.360 e. The molecule has 1 heterocycles. The molecule has 1 N–H and O–H groups in total. The third-order valence-electron chi connectivity index (χ3n) is 3.04. The van der Waals surface area contributed by atoms with Crippen molar-refractivity contribution in [3.63, 3.8) is 0 Å². The highest BCUT2D eigenvalue weighted by atomic mass is 32.2. The minimum atomic E-state index is -3.54. The van der Waals surface area contributed by atoms with Gasteiger partial charge in [0, 0.05) is 12.1 Å². The van der Waals surface area contributed by atoms with E-state index in [1.54, 1.807) is 13.0 Å². The molecule has 1 aromatic heterocycles. The number of unbranched alkanes of at least 4 members (excludes halogenated alkanes) is 2. The van der Waals surface area contributed by atoms with Crippen molar-refractivity contribution in [1.29, 1.82) is 0 Å². The molecule has 0 bridgehead atoms. The first-order valence-corrected chi connectivity index (χ1v) is 9.06. The average molecular weight is 316 g/mol. The van der Waals surface area contributed by atoms with Crippen molar-refractivity contribution >= 4 is 15.7 Å². The predicted octanol–water partition coefficient (Wildman–Crippen LogP) is 1.98. The van der Waals surface area contributed by atoms with Crippen LogP contribution in [0.2, 0.25) is 0 Å². The van der Waals surface area contributed by atoms with E-state index in [9.17, 15) is 13.2 Å². The van der Waals surface area contributed by atoms with Crippen LogP contribution in [0.1, 0.15) is 51.0 Å². The SMILES string of the molecule is CCCCC[C@@H](C)NC(=O)CS(=O)(=O)Cc1cc(C)no1. The van der Waals surface area contributed by atoms with E-state index in [-0.39, 0.29) is 17.6 Å². The Kier molecular flexibility index (Phi) is 6.87. The second-order valence-electron chi connectivity index (χ2n) is 5.43. The van der Waals surface area contributed by atoms with Gasteiger partial charge < -0.3 is 9.84 Å². The lowest BCUT2D eigenvalue weighted by Gasteiger charge is -2.13. The summed E-state index contributed by atoms with van der Waals surface area (Å²) >= 11 is 0. The van der Waals surface area contributed by atoms with Crippen molar-refractivity contribution in [3.05, 3.63) is 17.5 Å². The summed E-state index contributed by atoms with van der Waals surface area (Å²) in [6.45, 7) is 5.71. The highest BCUT2D eigenvalue weighted by Crippen LogP contribution is 2.08. The Morgan fingerprint density at radius 2 is 2.14 bits per heavy atom. The van der Waals surface area contributed by atoms with Crippen molar-refractivity contribution in [3.8, 4) is 0 Å². The fourth-order valence-corrected chi connectivity index (χ4v) is 3.20. The van der Waals surface area contributed by atoms with Crippen molar-refractivity contribution in [2.24, 2.45) is 0 Å². The molecule has 0 aromatic carbocycles. The molecular weight excluding hydrogens is 292 g/mol. The van der Waals surface area contributed by atoms with E-state index in [1.807, 2.05) is 6.92 Å². The van der Waals surface area contributed by atoms with Gasteiger partial charge in [-0.25, -0.2) is 8.42 Å². The second kappa shape index (κ2) is 8.17. The van der Waals surface area contributed by atoms with Gasteiger partial charge in [0.15, 0.2) is 15.6 Å². The lowest BCUT2D eigenvalue weighted by molar-refractivity contribution is -0.119. The quantitative estimate of drug-likeness (QED) is 0.704. The van der Waals surface area contributed by atoms with Gasteiger partial charge in [0.25, 0.3) is 0 Å². The summed E-state index contributed by atoms with van der Waals surface area (Å²) in [6, 6.07) is 1.55. The van der Waals surface area contributed by atoms with E-state index in [4.69, 9.17) is 4.52 Å². The van der Waals surface area contributed by atoms with E-state index in [0.717, 1.165) is 25.7 Å². The number of rotatable bonds is 9. The van der Waals surface area contributed by atoms with E-state index in [1.165, 1.54) is 0 Å². The molecule has 0 radical (unpaired) electrons. The molecule has 0 saturated carbocycles. The molecule has 0 spiro atoms. The van der Waals surface area contributed by atoms with Gasteiger partial charge in [-0.15, -0.1) is 0 Å². The average Bonchev–Trinajstić information content (AvgIpc) is 2.72. The number of sulfone groups is 1. The fourth-order valence-electron chi connectivity index (χ4n) is 2.04. The van der Waals surface area contributed by atoms with Crippen molar-refractivity contribution in [1.82, 2.24) is 10.5 Å². The Labute approximate surface area is 126 Å². The Morgan fingerprint density at radius 3 is 2.71 bits per heavy atom. The highest BCUT2D eigenvalue weighted by Gasteiger charge is 2.20. The van der Waals surface area contributed by atoms with E-state index < -0.39 is 21.5 Å². The van der Waals surface area contributed by atoms with Gasteiger partial charge in [-0.2, -0.15) is 0 Å². The number of nitrogens with zero attached hydrogens (tertiary/aromatic N) is 1. The molecule has 1 rings (SSSR count). The predicted molar refractivity (Wildman–Crippen MR) is 80.5 cm³/mol. The molecule has 0 saturated heterocycles. The molecule has 21 heavy (non-hydrogen) atoms. The molecule has 0 unspecified atom stereocenters. The summed E-state index contributed by atoms with van der Waals surface area (Å²) in [7, 11) is -3.54. The smallest absolute Gasteiger partial charge is 0.235 e. The first-order valence-electron chi connectivity index (χ1n) is 7.24. The van der Waals surface area contributed by atoms with Gasteiger partial charge >= 0.3 is 0 Å². The van der Waals surface area contributed by atoms with Crippen LogP contribution in [0.4, 0.5) is 0 Å². The first-order chi connectivity index (χ1) is 9.82. The van der Waals surface area contributed by atoms with Gasteiger partial charge in [0.05, 0.1) is 5.69 Å². The molecule has 1 aromatic rings. The third kappa shape index (κ3) is 7.27. The molecule has 6 nitrogen and oxygen atoms in total. The molecular formula is C14H24N2O4S. The normalized spacial score (nSPS) is 13.1. The number of amides is 1. The zero-order chi connectivity index (χ0) is 15.9. The molecule has 0 aliphatic carbocycles. The fraction of sp³-hybridized carbons (Fsp3) is 0.714. The Balaban J connectivity index is 2.41. The summed E-state index contributed by atoms with van der Waals surface area (Å²) in [4.78, 5) is 11.8. The van der Waals surface area contributed by atoms with E-state index in [2.05, 4.69) is 17.4 Å². The van der Waals surface area contributed by atoms with Crippen LogP contribution in [0.15, 0.2) is 10.6 Å². The summed E-state index contributed by atoms with van der Waals surface area (Å²) < 4.78 is 28.7. The van der Waals surface area contributed by atoms with E-state index >= 15 is 0 Å². The van der Waals surface area contributed by atoms with Crippen LogP contribution in [0.25, 0.3) is 0 Å². The maximum atomic E-state index is 11.9. The van der Waals surface area contributed by atoms with Crippen molar-refractivity contribution in [2.45, 2.75) is 58.2 Å². The summed E-state index contributed by atoms with van der Waals surface area (Å²) in [5.74, 6) is -1.03. The highest BCUT2D eigenvalue weighted by molar-refractivity contribution is 7.91. The van der Waals surface area contributed by atoms with Crippen LogP contribution in [-0.2, 0) is 20.4 Å². The minimum absolute atomic E-state index is 0.00762. The molecule has 120 valence electrons. The first kappa shape index (κ1) is 17.7. The maximum Gasteiger partial charge on any atom is 0.235 e. The van der Waals surface area contributed by atoms with Crippen molar-refractivity contribution < 1.29 is 17.7 Å².